The van der Waals surface area contributed by atoms with Gasteiger partial charge in [0.25, 0.3) is 5.91 Å². The fraction of sp³-hybridized carbons (Fsp3) is 0.227. The molecular weight excluding hydrogens is 370 g/mol. The second-order valence-electron chi connectivity index (χ2n) is 6.81. The number of aromatic nitrogens is 1. The van der Waals surface area contributed by atoms with Crippen LogP contribution in [0.25, 0.3) is 10.6 Å². The number of hydrogen-bond acceptors (Lipinski definition) is 4. The second-order valence-corrected chi connectivity index (χ2v) is 7.76. The van der Waals surface area contributed by atoms with Gasteiger partial charge in [-0.25, -0.2) is 0 Å². The number of pyridine rings is 1. The summed E-state index contributed by atoms with van der Waals surface area (Å²) in [5, 5.41) is 4.97. The van der Waals surface area contributed by atoms with Crippen LogP contribution in [0.4, 0.5) is 5.69 Å². The number of nitrogens with one attached hydrogen (secondary N) is 1. The largest absolute Gasteiger partial charge is 0.348 e. The van der Waals surface area contributed by atoms with Crippen molar-refractivity contribution in [2.24, 2.45) is 0 Å². The number of carbonyl (C=O) groups is 2. The first-order chi connectivity index (χ1) is 13.6. The molecular formula is C22H21N3O2S. The Kier molecular flexibility index (Phi) is 5.21. The Morgan fingerprint density at radius 3 is 2.82 bits per heavy atom. The van der Waals surface area contributed by atoms with Crippen molar-refractivity contribution in [1.82, 2.24) is 10.3 Å². The first kappa shape index (κ1) is 18.4. The normalized spacial score (nSPS) is 13.8. The van der Waals surface area contributed by atoms with Crippen molar-refractivity contribution in [1.29, 1.82) is 0 Å². The highest BCUT2D eigenvalue weighted by Crippen LogP contribution is 2.24. The molecule has 28 heavy (non-hydrogen) atoms. The molecule has 1 fully saturated rings. The minimum Gasteiger partial charge on any atom is -0.348 e. The number of benzene rings is 1. The van der Waals surface area contributed by atoms with Gasteiger partial charge in [-0.05, 0) is 54.6 Å². The van der Waals surface area contributed by atoms with Crippen LogP contribution >= 0.6 is 11.3 Å². The lowest BCUT2D eigenvalue weighted by Gasteiger charge is -2.16. The minimum absolute atomic E-state index is 0.148. The number of thiophene rings is 1. The van der Waals surface area contributed by atoms with Crippen molar-refractivity contribution in [3.63, 3.8) is 0 Å². The highest BCUT2D eigenvalue weighted by atomic mass is 32.1. The van der Waals surface area contributed by atoms with E-state index in [-0.39, 0.29) is 11.8 Å². The molecule has 0 atom stereocenters. The third-order valence-electron chi connectivity index (χ3n) is 4.85. The molecule has 2 aromatic heterocycles. The van der Waals surface area contributed by atoms with Crippen molar-refractivity contribution in [2.45, 2.75) is 26.3 Å². The molecule has 3 heterocycles. The molecule has 1 aromatic carbocycles. The minimum atomic E-state index is -0.148. The summed E-state index contributed by atoms with van der Waals surface area (Å²) < 4.78 is 0. The maximum absolute atomic E-state index is 12.6. The lowest BCUT2D eigenvalue weighted by atomic mass is 10.1. The van der Waals surface area contributed by atoms with E-state index >= 15 is 0 Å². The van der Waals surface area contributed by atoms with E-state index in [0.29, 0.717) is 24.2 Å². The van der Waals surface area contributed by atoms with Gasteiger partial charge >= 0.3 is 0 Å². The van der Waals surface area contributed by atoms with Crippen LogP contribution in [-0.4, -0.2) is 23.3 Å². The third-order valence-corrected chi connectivity index (χ3v) is 5.75. The van der Waals surface area contributed by atoms with Gasteiger partial charge in [0.1, 0.15) is 0 Å². The number of anilines is 1. The molecule has 1 aliphatic heterocycles. The Morgan fingerprint density at radius 2 is 2.11 bits per heavy atom. The highest BCUT2D eigenvalue weighted by molar-refractivity contribution is 7.13. The summed E-state index contributed by atoms with van der Waals surface area (Å²) in [6, 6.07) is 15.5. The van der Waals surface area contributed by atoms with Crippen LogP contribution < -0.4 is 10.2 Å². The van der Waals surface area contributed by atoms with Gasteiger partial charge < -0.3 is 10.2 Å². The number of hydrogen-bond donors (Lipinski definition) is 1. The molecule has 0 spiro atoms. The van der Waals surface area contributed by atoms with Crippen LogP contribution in [0.3, 0.4) is 0 Å². The molecule has 0 saturated carbocycles. The van der Waals surface area contributed by atoms with Crippen LogP contribution in [0, 0.1) is 6.92 Å². The van der Waals surface area contributed by atoms with E-state index in [1.807, 2.05) is 65.7 Å². The van der Waals surface area contributed by atoms with Crippen molar-refractivity contribution >= 4 is 28.8 Å². The van der Waals surface area contributed by atoms with Crippen molar-refractivity contribution < 1.29 is 9.59 Å². The molecule has 1 aliphatic rings. The molecule has 2 amide bonds. The first-order valence-corrected chi connectivity index (χ1v) is 10.2. The molecule has 1 saturated heterocycles. The fourth-order valence-electron chi connectivity index (χ4n) is 3.40. The van der Waals surface area contributed by atoms with Gasteiger partial charge in [-0.3, -0.25) is 14.6 Å². The number of rotatable bonds is 5. The maximum Gasteiger partial charge on any atom is 0.253 e. The molecule has 0 aliphatic carbocycles. The Hall–Kier alpha value is -2.99. The average Bonchev–Trinajstić information content (AvgIpc) is 3.38. The monoisotopic (exact) mass is 391 g/mol. The Labute approximate surface area is 168 Å². The smallest absolute Gasteiger partial charge is 0.253 e. The summed E-state index contributed by atoms with van der Waals surface area (Å²) in [5.74, 6) is 0.0131. The van der Waals surface area contributed by atoms with E-state index in [9.17, 15) is 9.59 Å². The van der Waals surface area contributed by atoms with Crippen LogP contribution in [0.5, 0.6) is 0 Å². The first-order valence-electron chi connectivity index (χ1n) is 9.31. The van der Waals surface area contributed by atoms with E-state index in [1.165, 1.54) is 0 Å². The number of nitrogens with zero attached hydrogens (tertiary/aromatic N) is 2. The van der Waals surface area contributed by atoms with Gasteiger partial charge in [-0.1, -0.05) is 18.2 Å². The van der Waals surface area contributed by atoms with E-state index in [2.05, 4.69) is 10.3 Å². The predicted octanol–water partition coefficient (Wildman–Crippen LogP) is 4.18. The summed E-state index contributed by atoms with van der Waals surface area (Å²) in [5.41, 5.74) is 4.02. The zero-order valence-electron chi connectivity index (χ0n) is 15.6. The van der Waals surface area contributed by atoms with Gasteiger partial charge in [0, 0.05) is 25.2 Å². The topological polar surface area (TPSA) is 62.3 Å². The van der Waals surface area contributed by atoms with Crippen LogP contribution in [-0.2, 0) is 11.3 Å². The summed E-state index contributed by atoms with van der Waals surface area (Å²) >= 11 is 1.63. The molecule has 1 N–H and O–H groups in total. The zero-order valence-corrected chi connectivity index (χ0v) is 16.5. The van der Waals surface area contributed by atoms with Gasteiger partial charge in [0.05, 0.1) is 21.8 Å². The lowest BCUT2D eigenvalue weighted by molar-refractivity contribution is -0.117. The molecule has 0 bridgehead atoms. The molecule has 0 unspecified atom stereocenters. The van der Waals surface area contributed by atoms with Crippen LogP contribution in [0.2, 0.25) is 0 Å². The maximum atomic E-state index is 12.6. The highest BCUT2D eigenvalue weighted by Gasteiger charge is 2.21. The second kappa shape index (κ2) is 7.94. The van der Waals surface area contributed by atoms with Crippen LogP contribution in [0.15, 0.2) is 53.9 Å². The predicted molar refractivity (Wildman–Crippen MR) is 111 cm³/mol. The fourth-order valence-corrected chi connectivity index (χ4v) is 4.09. The lowest BCUT2D eigenvalue weighted by Crippen LogP contribution is -2.25. The van der Waals surface area contributed by atoms with Gasteiger partial charge in [0.15, 0.2) is 0 Å². The summed E-state index contributed by atoms with van der Waals surface area (Å²) in [6.45, 7) is 3.02. The number of amides is 2. The summed E-state index contributed by atoms with van der Waals surface area (Å²) in [4.78, 5) is 32.0. The van der Waals surface area contributed by atoms with Crippen molar-refractivity contribution in [2.75, 3.05) is 11.4 Å². The summed E-state index contributed by atoms with van der Waals surface area (Å²) in [6.07, 6.45) is 1.50. The molecule has 0 radical (unpaired) electrons. The zero-order chi connectivity index (χ0) is 19.5. The SMILES string of the molecule is Cc1nc(-c2cccs2)ccc1C(=O)NCc1cccc(N2CCCC2=O)c1. The van der Waals surface area contributed by atoms with E-state index in [1.54, 1.807) is 11.3 Å². The van der Waals surface area contributed by atoms with Gasteiger partial charge in [-0.2, -0.15) is 0 Å². The average molecular weight is 391 g/mol. The van der Waals surface area contributed by atoms with Crippen LogP contribution in [0.1, 0.15) is 34.5 Å². The molecule has 6 heteroatoms. The van der Waals surface area contributed by atoms with Crippen molar-refractivity contribution in [3.8, 4) is 10.6 Å². The standard InChI is InChI=1S/C22H21N3O2S/c1-15-18(9-10-19(24-15)20-7-4-12-28-20)22(27)23-14-16-5-2-6-17(13-16)25-11-3-8-21(25)26/h2,4-7,9-10,12-13H,3,8,11,14H2,1H3,(H,23,27). The van der Waals surface area contributed by atoms with Gasteiger partial charge in [-0.15, -0.1) is 11.3 Å². The van der Waals surface area contributed by atoms with E-state index in [4.69, 9.17) is 0 Å². The van der Waals surface area contributed by atoms with Crippen molar-refractivity contribution in [3.05, 3.63) is 70.7 Å². The van der Waals surface area contributed by atoms with E-state index < -0.39 is 0 Å². The Bertz CT molecular complexity index is 1010. The quantitative estimate of drug-likeness (QED) is 0.710. The molecule has 3 aromatic rings. The summed E-state index contributed by atoms with van der Waals surface area (Å²) in [7, 11) is 0. The molecule has 5 nitrogen and oxygen atoms in total. The number of carbonyl (C=O) groups excluding carboxylic acids is 2. The Morgan fingerprint density at radius 1 is 1.21 bits per heavy atom. The molecule has 142 valence electrons. The van der Waals surface area contributed by atoms with Gasteiger partial charge in [0.2, 0.25) is 5.91 Å². The number of aryl methyl sites for hydroxylation is 1. The van der Waals surface area contributed by atoms with E-state index in [0.717, 1.165) is 34.8 Å². The Balaban J connectivity index is 1.44. The molecule has 4 rings (SSSR count). The third kappa shape index (κ3) is 3.82.